The average Bonchev–Trinajstić information content (AvgIpc) is 3.46. The summed E-state index contributed by atoms with van der Waals surface area (Å²) in [6.07, 6.45) is 1.70. The number of imide groups is 1. The fourth-order valence-electron chi connectivity index (χ4n) is 6.34. The topological polar surface area (TPSA) is 125 Å². The number of aliphatic hydroxyl groups excluding tert-OH is 1. The molecule has 0 spiro atoms. The maximum Gasteiger partial charge on any atom is 0.410 e. The highest BCUT2D eigenvalue weighted by Gasteiger charge is 2.39. The van der Waals surface area contributed by atoms with Gasteiger partial charge in [0.05, 0.1) is 35.9 Å². The number of benzene rings is 2. The molecular weight excluding hydrogens is 741 g/mol. The van der Waals surface area contributed by atoms with Crippen LogP contribution in [0.2, 0.25) is 0 Å². The van der Waals surface area contributed by atoms with Gasteiger partial charge in [-0.2, -0.15) is 0 Å². The minimum absolute atomic E-state index is 0. The first kappa shape index (κ1) is 38.1. The molecule has 1 atom stereocenters. The van der Waals surface area contributed by atoms with Gasteiger partial charge in [-0.15, -0.1) is 0 Å². The molecule has 3 aromatic rings. The Hall–Kier alpha value is -3.72. The quantitative estimate of drug-likeness (QED) is 0.135. The van der Waals surface area contributed by atoms with E-state index in [9.17, 15) is 24.3 Å². The molecule has 2 aliphatic heterocycles. The molecule has 13 heteroatoms. The normalized spacial score (nSPS) is 15.4. The third-order valence-electron chi connectivity index (χ3n) is 8.68. The Bertz CT molecular complexity index is 1670. The predicted octanol–water partition coefficient (Wildman–Crippen LogP) is 1.39. The van der Waals surface area contributed by atoms with Crippen molar-refractivity contribution in [1.29, 1.82) is 0 Å². The number of carbonyl (C=O) groups is 4. The van der Waals surface area contributed by atoms with E-state index in [1.807, 2.05) is 49.0 Å². The van der Waals surface area contributed by atoms with E-state index in [4.69, 9.17) is 9.47 Å². The van der Waals surface area contributed by atoms with E-state index in [1.54, 1.807) is 41.0 Å². The zero-order chi connectivity index (χ0) is 34.7. The number of piperazine rings is 1. The predicted molar refractivity (Wildman–Crippen MR) is 179 cm³/mol. The van der Waals surface area contributed by atoms with Crippen LogP contribution in [0.15, 0.2) is 36.4 Å². The molecule has 1 fully saturated rings. The van der Waals surface area contributed by atoms with E-state index < -0.39 is 17.8 Å². The molecule has 3 heterocycles. The van der Waals surface area contributed by atoms with Crippen LogP contribution in [0.1, 0.15) is 97.7 Å². The summed E-state index contributed by atoms with van der Waals surface area (Å²) < 4.78 is 15.7. The van der Waals surface area contributed by atoms with Crippen LogP contribution in [-0.4, -0.2) is 92.7 Å². The molecule has 0 unspecified atom stereocenters. The van der Waals surface area contributed by atoms with Gasteiger partial charge in [-0.05, 0) is 53.2 Å². The van der Waals surface area contributed by atoms with Crippen molar-refractivity contribution in [3.63, 3.8) is 0 Å². The van der Waals surface area contributed by atoms with Crippen LogP contribution < -0.4 is 33.3 Å². The number of aromatic nitrogens is 2. The highest BCUT2D eigenvalue weighted by atomic mass is 127. The molecule has 266 valence electrons. The molecule has 49 heavy (non-hydrogen) atoms. The Morgan fingerprint density at radius 3 is 2.12 bits per heavy atom. The van der Waals surface area contributed by atoms with Crippen LogP contribution in [-0.2, 0) is 24.4 Å². The maximum absolute atomic E-state index is 14.2. The van der Waals surface area contributed by atoms with Gasteiger partial charge in [0, 0.05) is 38.3 Å². The number of nitrogens with zero attached hydrogens (tertiary/aromatic N) is 5. The molecule has 5 rings (SSSR count). The van der Waals surface area contributed by atoms with Crippen molar-refractivity contribution in [2.75, 3.05) is 32.8 Å². The third-order valence-corrected chi connectivity index (χ3v) is 8.68. The Kier molecular flexibility index (Phi) is 12.3. The van der Waals surface area contributed by atoms with Crippen molar-refractivity contribution < 1.29 is 62.3 Å². The lowest BCUT2D eigenvalue weighted by molar-refractivity contribution is -0.687. The van der Waals surface area contributed by atoms with Crippen LogP contribution in [0.5, 0.6) is 5.75 Å². The van der Waals surface area contributed by atoms with Gasteiger partial charge in [0.1, 0.15) is 24.4 Å². The first-order chi connectivity index (χ1) is 22.8. The van der Waals surface area contributed by atoms with Crippen molar-refractivity contribution in [2.24, 2.45) is 0 Å². The van der Waals surface area contributed by atoms with E-state index in [0.717, 1.165) is 30.3 Å². The smallest absolute Gasteiger partial charge is 0.410 e. The minimum atomic E-state index is -0.733. The molecule has 0 saturated carbocycles. The van der Waals surface area contributed by atoms with Gasteiger partial charge >= 0.3 is 6.09 Å². The van der Waals surface area contributed by atoms with E-state index in [0.29, 0.717) is 67.6 Å². The van der Waals surface area contributed by atoms with Crippen LogP contribution in [0.25, 0.3) is 11.0 Å². The monoisotopic (exact) mass is 789 g/mol. The van der Waals surface area contributed by atoms with E-state index in [2.05, 4.69) is 6.92 Å². The molecule has 1 saturated heterocycles. The molecular formula is C36H48IN5O7. The second kappa shape index (κ2) is 15.9. The molecule has 1 N–H and O–H groups in total. The van der Waals surface area contributed by atoms with Gasteiger partial charge in [0.25, 0.3) is 23.5 Å². The number of unbranched alkanes of at least 4 members (excludes halogenated alkanes) is 2. The number of ether oxygens (including phenoxy) is 2. The van der Waals surface area contributed by atoms with E-state index in [-0.39, 0.29) is 54.8 Å². The number of amides is 4. The summed E-state index contributed by atoms with van der Waals surface area (Å²) >= 11 is 0. The van der Waals surface area contributed by atoms with Crippen LogP contribution >= 0.6 is 0 Å². The van der Waals surface area contributed by atoms with Gasteiger partial charge < -0.3 is 48.4 Å². The zero-order valence-electron chi connectivity index (χ0n) is 29.3. The number of halogens is 1. The first-order valence-corrected chi connectivity index (χ1v) is 17.0. The number of aliphatic hydroxyl groups is 1. The number of hydrogen-bond acceptors (Lipinski definition) is 7. The van der Waals surface area contributed by atoms with Crippen molar-refractivity contribution in [3.8, 4) is 5.75 Å². The summed E-state index contributed by atoms with van der Waals surface area (Å²) in [5.41, 5.74) is 1.97. The number of imidazole rings is 1. The third kappa shape index (κ3) is 8.19. The van der Waals surface area contributed by atoms with Crippen molar-refractivity contribution in [1.82, 2.24) is 19.3 Å². The SMILES string of the molecule is CCCCCOc1cc2c(cc1C(=O)N1CCN(C(=O)OC(C)(C)C)CC1)n(CC)c(CN1C(=O)c3ccccc3C1=O)[n+]2C[C@H](C)O.[I-]. The Labute approximate surface area is 304 Å². The minimum Gasteiger partial charge on any atom is -1.00 e. The summed E-state index contributed by atoms with van der Waals surface area (Å²) in [6, 6.07) is 10.4. The highest BCUT2D eigenvalue weighted by molar-refractivity contribution is 6.21. The second-order valence-corrected chi connectivity index (χ2v) is 13.5. The van der Waals surface area contributed by atoms with Gasteiger partial charge in [0.15, 0.2) is 11.0 Å². The lowest BCUT2D eigenvalue weighted by Crippen LogP contribution is -3.00. The fraction of sp³-hybridized carbons (Fsp3) is 0.528. The van der Waals surface area contributed by atoms with Crippen LogP contribution in [0, 0.1) is 0 Å². The number of aryl methyl sites for hydroxylation is 1. The Morgan fingerprint density at radius 1 is 0.959 bits per heavy atom. The van der Waals surface area contributed by atoms with E-state index in [1.165, 1.54) is 4.90 Å². The number of carbonyl (C=O) groups excluding carboxylic acids is 4. The number of hydrogen-bond donors (Lipinski definition) is 1. The standard InChI is InChI=1S/C36H48N5O7.HI/c1-7-9-12-19-47-30-21-29-28(20-27(30)32(43)37-15-17-38(18-16-37)35(46)48-36(4,5)6)39(8-2)31(40(29)22-24(3)42)23-41-33(44)25-13-10-11-14-26(25)34(41)45;/h10-11,13-14,20-21,24,42H,7-9,12,15-19,22-23H2,1-6H3;1H/q+1;/p-1/t24-;/m0./s1. The van der Waals surface area contributed by atoms with Crippen LogP contribution in [0.3, 0.4) is 0 Å². The largest absolute Gasteiger partial charge is 1.00 e. The summed E-state index contributed by atoms with van der Waals surface area (Å²) in [7, 11) is 0. The van der Waals surface area contributed by atoms with Crippen molar-refractivity contribution >= 4 is 34.8 Å². The molecule has 0 aliphatic carbocycles. The highest BCUT2D eigenvalue weighted by Crippen LogP contribution is 2.30. The van der Waals surface area contributed by atoms with Crippen molar-refractivity contribution in [2.45, 2.75) is 92.1 Å². The van der Waals surface area contributed by atoms with Gasteiger partial charge in [-0.3, -0.25) is 19.3 Å². The summed E-state index contributed by atoms with van der Waals surface area (Å²) in [5, 5.41) is 10.6. The molecule has 12 nitrogen and oxygen atoms in total. The lowest BCUT2D eigenvalue weighted by atomic mass is 10.1. The van der Waals surface area contributed by atoms with Gasteiger partial charge in [-0.25, -0.2) is 13.9 Å². The maximum atomic E-state index is 14.2. The zero-order valence-corrected chi connectivity index (χ0v) is 31.5. The van der Waals surface area contributed by atoms with Gasteiger partial charge in [0.2, 0.25) is 0 Å². The summed E-state index contributed by atoms with van der Waals surface area (Å²) in [5.74, 6) is 0.134. The van der Waals surface area contributed by atoms with Crippen molar-refractivity contribution in [3.05, 3.63) is 58.9 Å². The number of rotatable bonds is 11. The molecule has 0 radical (unpaired) electrons. The van der Waals surface area contributed by atoms with E-state index >= 15 is 0 Å². The van der Waals surface area contributed by atoms with Crippen LogP contribution in [0.4, 0.5) is 4.79 Å². The Balaban J connectivity index is 0.00000541. The fourth-order valence-corrected chi connectivity index (χ4v) is 6.34. The summed E-state index contributed by atoms with van der Waals surface area (Å²) in [4.78, 5) is 58.2. The van der Waals surface area contributed by atoms with Gasteiger partial charge in [-0.1, -0.05) is 31.9 Å². The Morgan fingerprint density at radius 2 is 1.57 bits per heavy atom. The molecule has 4 amide bonds. The molecule has 1 aromatic heterocycles. The molecule has 2 aromatic carbocycles. The number of fused-ring (bicyclic) bond motifs is 2. The lowest BCUT2D eigenvalue weighted by Gasteiger charge is -2.35. The molecule has 0 bridgehead atoms. The molecule has 2 aliphatic rings. The first-order valence-electron chi connectivity index (χ1n) is 17.0. The second-order valence-electron chi connectivity index (χ2n) is 13.5. The average molecular weight is 790 g/mol. The summed E-state index contributed by atoms with van der Waals surface area (Å²) in [6.45, 7) is 13.7.